The van der Waals surface area contributed by atoms with Crippen molar-refractivity contribution in [1.29, 1.82) is 0 Å². The molecule has 0 unspecified atom stereocenters. The number of carbonyl (C=O) groups excluding carboxylic acids is 1. The van der Waals surface area contributed by atoms with E-state index in [-0.39, 0.29) is 11.7 Å². The van der Waals surface area contributed by atoms with Crippen molar-refractivity contribution in [3.63, 3.8) is 0 Å². The summed E-state index contributed by atoms with van der Waals surface area (Å²) in [6.07, 6.45) is 7.31. The monoisotopic (exact) mass is 275 g/mol. The van der Waals surface area contributed by atoms with Gasteiger partial charge in [0, 0.05) is 18.8 Å². The van der Waals surface area contributed by atoms with Gasteiger partial charge in [0.05, 0.1) is 11.8 Å². The topological polar surface area (TPSA) is 65.5 Å². The number of aromatic nitrogens is 1. The predicted octanol–water partition coefficient (Wildman–Crippen LogP) is 1.39. The Bertz CT molecular complexity index is 482. The first kappa shape index (κ1) is 13.4. The molecule has 2 fully saturated rings. The summed E-state index contributed by atoms with van der Waals surface area (Å²) >= 11 is 0. The number of amides is 1. The average molecular weight is 275 g/mol. The zero-order valence-electron chi connectivity index (χ0n) is 11.6. The summed E-state index contributed by atoms with van der Waals surface area (Å²) in [6.45, 7) is 2.89. The van der Waals surface area contributed by atoms with Crippen LogP contribution in [-0.2, 0) is 0 Å². The third-order valence-electron chi connectivity index (χ3n) is 4.19. The molecule has 108 valence electrons. The largest absolute Gasteiger partial charge is 0.505 e. The van der Waals surface area contributed by atoms with Gasteiger partial charge < -0.3 is 15.3 Å². The minimum absolute atomic E-state index is 0.0199. The number of pyridine rings is 1. The first-order valence-electron chi connectivity index (χ1n) is 7.40. The lowest BCUT2D eigenvalue weighted by Crippen LogP contribution is -2.40. The fourth-order valence-corrected chi connectivity index (χ4v) is 2.85. The molecule has 0 bridgehead atoms. The number of rotatable bonds is 4. The molecule has 5 nitrogen and oxygen atoms in total. The standard InChI is InChI=1S/C15H21N3O2/c19-14-9-17-8-5-13(14)15(20)18(12-1-2-12)10-11-3-6-16-7-4-11/h5,8-9,11-12,16,19H,1-4,6-7,10H2. The van der Waals surface area contributed by atoms with Crippen molar-refractivity contribution in [2.24, 2.45) is 5.92 Å². The Morgan fingerprint density at radius 2 is 2.10 bits per heavy atom. The van der Waals surface area contributed by atoms with E-state index in [4.69, 9.17) is 0 Å². The van der Waals surface area contributed by atoms with Gasteiger partial charge in [-0.2, -0.15) is 0 Å². The molecule has 0 aromatic carbocycles. The van der Waals surface area contributed by atoms with Crippen LogP contribution in [0.15, 0.2) is 18.5 Å². The molecule has 3 rings (SSSR count). The molecule has 2 heterocycles. The fraction of sp³-hybridized carbons (Fsp3) is 0.600. The molecule has 1 amide bonds. The van der Waals surface area contributed by atoms with Gasteiger partial charge >= 0.3 is 0 Å². The summed E-state index contributed by atoms with van der Waals surface area (Å²) in [5.41, 5.74) is 0.376. The molecule has 0 spiro atoms. The zero-order chi connectivity index (χ0) is 13.9. The van der Waals surface area contributed by atoms with Crippen LogP contribution in [0.25, 0.3) is 0 Å². The molecule has 5 heteroatoms. The number of hydrogen-bond donors (Lipinski definition) is 2. The van der Waals surface area contributed by atoms with E-state index in [9.17, 15) is 9.90 Å². The minimum Gasteiger partial charge on any atom is -0.505 e. The van der Waals surface area contributed by atoms with Crippen LogP contribution in [0.2, 0.25) is 0 Å². The maximum Gasteiger partial charge on any atom is 0.257 e. The Balaban J connectivity index is 1.73. The third-order valence-corrected chi connectivity index (χ3v) is 4.19. The number of aromatic hydroxyl groups is 1. The van der Waals surface area contributed by atoms with E-state index >= 15 is 0 Å². The van der Waals surface area contributed by atoms with Crippen LogP contribution >= 0.6 is 0 Å². The molecular weight excluding hydrogens is 254 g/mol. The van der Waals surface area contributed by atoms with Gasteiger partial charge in [-0.15, -0.1) is 0 Å². The molecule has 2 aliphatic rings. The van der Waals surface area contributed by atoms with Gasteiger partial charge in [-0.1, -0.05) is 0 Å². The summed E-state index contributed by atoms with van der Waals surface area (Å²) in [6, 6.07) is 1.97. The normalized spacial score (nSPS) is 19.8. The lowest BCUT2D eigenvalue weighted by atomic mass is 9.97. The summed E-state index contributed by atoms with van der Waals surface area (Å²) in [5, 5.41) is 13.2. The van der Waals surface area contributed by atoms with Crippen LogP contribution in [0.1, 0.15) is 36.0 Å². The number of piperidine rings is 1. The highest BCUT2D eigenvalue weighted by atomic mass is 16.3. The second-order valence-corrected chi connectivity index (χ2v) is 5.77. The summed E-state index contributed by atoms with van der Waals surface area (Å²) in [4.78, 5) is 18.4. The summed E-state index contributed by atoms with van der Waals surface area (Å²) in [7, 11) is 0. The molecule has 2 N–H and O–H groups in total. The number of hydrogen-bond acceptors (Lipinski definition) is 4. The van der Waals surface area contributed by atoms with Crippen LogP contribution in [0.3, 0.4) is 0 Å². The zero-order valence-corrected chi connectivity index (χ0v) is 11.6. The molecule has 0 radical (unpaired) electrons. The van der Waals surface area contributed by atoms with Crippen molar-refractivity contribution in [2.45, 2.75) is 31.7 Å². The van der Waals surface area contributed by atoms with Crippen LogP contribution < -0.4 is 5.32 Å². The summed E-state index contributed by atoms with van der Waals surface area (Å²) in [5.74, 6) is 0.504. The molecule has 1 saturated heterocycles. The van der Waals surface area contributed by atoms with Crippen molar-refractivity contribution in [2.75, 3.05) is 19.6 Å². The molecule has 1 aliphatic heterocycles. The molecule has 20 heavy (non-hydrogen) atoms. The average Bonchev–Trinajstić information content (AvgIpc) is 3.30. The minimum atomic E-state index is -0.0501. The van der Waals surface area contributed by atoms with Gasteiger partial charge in [0.2, 0.25) is 0 Å². The maximum atomic E-state index is 12.6. The highest BCUT2D eigenvalue weighted by Crippen LogP contribution is 2.31. The third kappa shape index (κ3) is 2.93. The Morgan fingerprint density at radius 1 is 1.35 bits per heavy atom. The van der Waals surface area contributed by atoms with E-state index < -0.39 is 0 Å². The molecule has 1 aromatic rings. The van der Waals surface area contributed by atoms with Crippen molar-refractivity contribution in [3.8, 4) is 5.75 Å². The number of carbonyl (C=O) groups is 1. The number of nitrogens with zero attached hydrogens (tertiary/aromatic N) is 2. The first-order valence-corrected chi connectivity index (χ1v) is 7.40. The van der Waals surface area contributed by atoms with Gasteiger partial charge in [-0.25, -0.2) is 0 Å². The second-order valence-electron chi connectivity index (χ2n) is 5.77. The molecule has 1 saturated carbocycles. The van der Waals surface area contributed by atoms with Crippen molar-refractivity contribution in [1.82, 2.24) is 15.2 Å². The van der Waals surface area contributed by atoms with Crippen LogP contribution in [0.5, 0.6) is 5.75 Å². The lowest BCUT2D eigenvalue weighted by Gasteiger charge is -2.30. The highest BCUT2D eigenvalue weighted by molar-refractivity contribution is 5.97. The predicted molar refractivity (Wildman–Crippen MR) is 75.6 cm³/mol. The number of nitrogens with one attached hydrogen (secondary N) is 1. The van der Waals surface area contributed by atoms with Crippen molar-refractivity contribution in [3.05, 3.63) is 24.0 Å². The Kier molecular flexibility index (Phi) is 3.87. The fourth-order valence-electron chi connectivity index (χ4n) is 2.85. The van der Waals surface area contributed by atoms with E-state index in [2.05, 4.69) is 10.3 Å². The van der Waals surface area contributed by atoms with Gasteiger partial charge in [-0.3, -0.25) is 9.78 Å². The Hall–Kier alpha value is -1.62. The highest BCUT2D eigenvalue weighted by Gasteiger charge is 2.35. The quantitative estimate of drug-likeness (QED) is 0.871. The van der Waals surface area contributed by atoms with Crippen molar-refractivity contribution >= 4 is 5.91 Å². The van der Waals surface area contributed by atoms with Gasteiger partial charge in [0.1, 0.15) is 5.75 Å². The molecule has 0 atom stereocenters. The lowest BCUT2D eigenvalue weighted by molar-refractivity contribution is 0.0698. The van der Waals surface area contributed by atoms with E-state index in [1.165, 1.54) is 6.20 Å². The molecule has 1 aliphatic carbocycles. The van der Waals surface area contributed by atoms with Gasteiger partial charge in [0.15, 0.2) is 0 Å². The van der Waals surface area contributed by atoms with Gasteiger partial charge in [-0.05, 0) is 50.8 Å². The SMILES string of the molecule is O=C(c1ccncc1O)N(CC1CCNCC1)C1CC1. The van der Waals surface area contributed by atoms with E-state index in [0.717, 1.165) is 45.3 Å². The summed E-state index contributed by atoms with van der Waals surface area (Å²) < 4.78 is 0. The van der Waals surface area contributed by atoms with Crippen LogP contribution in [0, 0.1) is 5.92 Å². The van der Waals surface area contributed by atoms with Gasteiger partial charge in [0.25, 0.3) is 5.91 Å². The van der Waals surface area contributed by atoms with E-state index in [1.807, 2.05) is 4.90 Å². The van der Waals surface area contributed by atoms with Crippen molar-refractivity contribution < 1.29 is 9.90 Å². The van der Waals surface area contributed by atoms with Crippen LogP contribution in [-0.4, -0.2) is 46.6 Å². The van der Waals surface area contributed by atoms with Crippen LogP contribution in [0.4, 0.5) is 0 Å². The Morgan fingerprint density at radius 3 is 2.75 bits per heavy atom. The maximum absolute atomic E-state index is 12.6. The molecular formula is C15H21N3O2. The van der Waals surface area contributed by atoms with E-state index in [1.54, 1.807) is 12.3 Å². The second kappa shape index (κ2) is 5.79. The molecule has 1 aromatic heterocycles. The van der Waals surface area contributed by atoms with E-state index in [0.29, 0.717) is 17.5 Å². The first-order chi connectivity index (χ1) is 9.75. The smallest absolute Gasteiger partial charge is 0.257 e. The Labute approximate surface area is 119 Å².